The molecule has 0 atom stereocenters. The number of aromatic nitrogens is 3. The molecule has 5 heterocycles. The van der Waals surface area contributed by atoms with E-state index in [-0.39, 0.29) is 0 Å². The van der Waals surface area contributed by atoms with E-state index in [1.807, 2.05) is 30.9 Å². The van der Waals surface area contributed by atoms with Gasteiger partial charge >= 0.3 is 0 Å². The van der Waals surface area contributed by atoms with E-state index in [0.717, 1.165) is 49.9 Å². The van der Waals surface area contributed by atoms with Crippen LogP contribution in [0.4, 0.5) is 5.82 Å². The molecule has 0 amide bonds. The summed E-state index contributed by atoms with van der Waals surface area (Å²) >= 11 is 1.70. The van der Waals surface area contributed by atoms with E-state index in [1.165, 1.54) is 11.1 Å². The van der Waals surface area contributed by atoms with Crippen LogP contribution < -0.4 is 4.90 Å². The third kappa shape index (κ3) is 2.79. The van der Waals surface area contributed by atoms with Gasteiger partial charge in [-0.25, -0.2) is 9.97 Å². The number of imidazole rings is 1. The predicted molar refractivity (Wildman–Crippen MR) is 102 cm³/mol. The third-order valence-corrected chi connectivity index (χ3v) is 5.57. The molecule has 1 fully saturated rings. The molecule has 7 heteroatoms. The van der Waals surface area contributed by atoms with Gasteiger partial charge in [0, 0.05) is 61.6 Å². The van der Waals surface area contributed by atoms with E-state index in [1.54, 1.807) is 17.6 Å². The number of hydrogen-bond donors (Lipinski definition) is 0. The van der Waals surface area contributed by atoms with Crippen LogP contribution in [0, 0.1) is 0 Å². The lowest BCUT2D eigenvalue weighted by atomic mass is 10.2. The Morgan fingerprint density at radius 3 is 2.81 bits per heavy atom. The summed E-state index contributed by atoms with van der Waals surface area (Å²) in [6.07, 6.45) is 9.37. The highest BCUT2D eigenvalue weighted by molar-refractivity contribution is 7.08. The Balaban J connectivity index is 1.37. The topological polar surface area (TPSA) is 49.8 Å². The van der Waals surface area contributed by atoms with E-state index >= 15 is 0 Å². The summed E-state index contributed by atoms with van der Waals surface area (Å²) in [5.74, 6) is 0.969. The first-order valence-corrected chi connectivity index (χ1v) is 9.66. The van der Waals surface area contributed by atoms with Gasteiger partial charge in [-0.15, -0.1) is 0 Å². The lowest BCUT2D eigenvalue weighted by Crippen LogP contribution is -2.46. The van der Waals surface area contributed by atoms with E-state index < -0.39 is 0 Å². The molecular weight excluding hydrogens is 346 g/mol. The van der Waals surface area contributed by atoms with Crippen LogP contribution in [-0.2, 0) is 6.54 Å². The molecule has 0 aliphatic carbocycles. The van der Waals surface area contributed by atoms with Crippen molar-refractivity contribution in [1.82, 2.24) is 19.3 Å². The van der Waals surface area contributed by atoms with Crippen molar-refractivity contribution >= 4 is 22.8 Å². The molecule has 0 aromatic carbocycles. The van der Waals surface area contributed by atoms with Crippen LogP contribution in [0.25, 0.3) is 16.9 Å². The van der Waals surface area contributed by atoms with Crippen LogP contribution in [0.1, 0.15) is 5.56 Å². The minimum atomic E-state index is 0.928. The van der Waals surface area contributed by atoms with Crippen LogP contribution in [0.5, 0.6) is 0 Å². The van der Waals surface area contributed by atoms with Crippen molar-refractivity contribution < 1.29 is 4.42 Å². The van der Waals surface area contributed by atoms with Crippen molar-refractivity contribution in [2.45, 2.75) is 6.54 Å². The molecule has 0 saturated carbocycles. The zero-order chi connectivity index (χ0) is 17.3. The van der Waals surface area contributed by atoms with Crippen LogP contribution in [0.15, 0.2) is 58.4 Å². The van der Waals surface area contributed by atoms with Gasteiger partial charge in [0.25, 0.3) is 0 Å². The smallest absolute Gasteiger partial charge is 0.180 e. The molecule has 0 bridgehead atoms. The molecule has 5 rings (SSSR count). The SMILES string of the molecule is c1cn2c(-c3ccsc3)cnc2c(N2CCN(Cc3ccoc3)CC2)n1. The van der Waals surface area contributed by atoms with Crippen molar-refractivity contribution in [1.29, 1.82) is 0 Å². The molecule has 0 N–H and O–H groups in total. The standard InChI is InChI=1S/C19H19N5OS/c1-9-25-13-15(1)12-22-5-7-23(8-6-22)18-19-21-11-17(16-2-10-26-14-16)24(19)4-3-20-18/h1-4,9-11,13-14H,5-8,12H2. The Bertz CT molecular complexity index is 984. The molecule has 4 aromatic heterocycles. The second kappa shape index (κ2) is 6.59. The van der Waals surface area contributed by atoms with Gasteiger partial charge in [0.1, 0.15) is 0 Å². The average Bonchev–Trinajstić information content (AvgIpc) is 3.43. The second-order valence-corrected chi connectivity index (χ2v) is 7.27. The first kappa shape index (κ1) is 15.6. The number of rotatable bonds is 4. The fourth-order valence-electron chi connectivity index (χ4n) is 3.51. The first-order valence-electron chi connectivity index (χ1n) is 8.71. The number of fused-ring (bicyclic) bond motifs is 1. The van der Waals surface area contributed by atoms with E-state index in [0.29, 0.717) is 0 Å². The highest BCUT2D eigenvalue weighted by atomic mass is 32.1. The van der Waals surface area contributed by atoms with Gasteiger partial charge in [0.2, 0.25) is 0 Å². The molecular formula is C19H19N5OS. The summed E-state index contributed by atoms with van der Waals surface area (Å²) < 4.78 is 7.31. The minimum absolute atomic E-state index is 0.928. The molecule has 4 aromatic rings. The fraction of sp³-hybridized carbons (Fsp3) is 0.263. The quantitative estimate of drug-likeness (QED) is 0.555. The van der Waals surface area contributed by atoms with Gasteiger partial charge in [-0.05, 0) is 17.5 Å². The molecule has 132 valence electrons. The van der Waals surface area contributed by atoms with Crippen molar-refractivity contribution in [3.05, 3.63) is 59.6 Å². The number of anilines is 1. The number of piperazine rings is 1. The zero-order valence-electron chi connectivity index (χ0n) is 14.3. The molecule has 1 aliphatic rings. The average molecular weight is 365 g/mol. The molecule has 1 saturated heterocycles. The van der Waals surface area contributed by atoms with Gasteiger partial charge in [-0.3, -0.25) is 9.30 Å². The summed E-state index contributed by atoms with van der Waals surface area (Å²) in [6.45, 7) is 4.85. The number of furan rings is 1. The van der Waals surface area contributed by atoms with Crippen molar-refractivity contribution in [3.63, 3.8) is 0 Å². The molecule has 26 heavy (non-hydrogen) atoms. The Kier molecular flexibility index (Phi) is 3.95. The molecule has 0 unspecified atom stereocenters. The molecule has 6 nitrogen and oxygen atoms in total. The van der Waals surface area contributed by atoms with E-state index in [9.17, 15) is 0 Å². The molecule has 0 spiro atoms. The molecule has 1 aliphatic heterocycles. The third-order valence-electron chi connectivity index (χ3n) is 4.88. The Hall–Kier alpha value is -2.64. The van der Waals surface area contributed by atoms with Gasteiger partial charge in [0.15, 0.2) is 11.5 Å². The number of thiophene rings is 1. The second-order valence-electron chi connectivity index (χ2n) is 6.49. The maximum Gasteiger partial charge on any atom is 0.180 e. The van der Waals surface area contributed by atoms with Crippen LogP contribution in [0.2, 0.25) is 0 Å². The summed E-state index contributed by atoms with van der Waals surface area (Å²) in [5, 5.41) is 4.24. The zero-order valence-corrected chi connectivity index (χ0v) is 15.1. The minimum Gasteiger partial charge on any atom is -0.472 e. The van der Waals surface area contributed by atoms with Gasteiger partial charge in [-0.2, -0.15) is 11.3 Å². The Morgan fingerprint density at radius 2 is 2.04 bits per heavy atom. The lowest BCUT2D eigenvalue weighted by Gasteiger charge is -2.35. The monoisotopic (exact) mass is 365 g/mol. The lowest BCUT2D eigenvalue weighted by molar-refractivity contribution is 0.249. The summed E-state index contributed by atoms with van der Waals surface area (Å²) in [5.41, 5.74) is 4.47. The summed E-state index contributed by atoms with van der Waals surface area (Å²) in [6, 6.07) is 4.16. The molecule has 0 radical (unpaired) electrons. The van der Waals surface area contributed by atoms with Gasteiger partial charge in [0.05, 0.1) is 24.4 Å². The largest absolute Gasteiger partial charge is 0.472 e. The van der Waals surface area contributed by atoms with E-state index in [4.69, 9.17) is 4.42 Å². The number of nitrogens with zero attached hydrogens (tertiary/aromatic N) is 5. The van der Waals surface area contributed by atoms with Crippen molar-refractivity contribution in [3.8, 4) is 11.3 Å². The summed E-state index contributed by atoms with van der Waals surface area (Å²) in [4.78, 5) is 14.1. The normalized spacial score (nSPS) is 15.8. The maximum atomic E-state index is 5.17. The first-order chi connectivity index (χ1) is 12.9. The van der Waals surface area contributed by atoms with Crippen LogP contribution in [-0.4, -0.2) is 45.4 Å². The van der Waals surface area contributed by atoms with Crippen molar-refractivity contribution in [2.75, 3.05) is 31.1 Å². The highest BCUT2D eigenvalue weighted by Crippen LogP contribution is 2.27. The van der Waals surface area contributed by atoms with Crippen molar-refractivity contribution in [2.24, 2.45) is 0 Å². The highest BCUT2D eigenvalue weighted by Gasteiger charge is 2.21. The van der Waals surface area contributed by atoms with Crippen LogP contribution >= 0.6 is 11.3 Å². The Morgan fingerprint density at radius 1 is 1.12 bits per heavy atom. The maximum absolute atomic E-state index is 5.17. The number of hydrogen-bond acceptors (Lipinski definition) is 6. The van der Waals surface area contributed by atoms with Gasteiger partial charge in [-0.1, -0.05) is 0 Å². The fourth-order valence-corrected chi connectivity index (χ4v) is 4.16. The van der Waals surface area contributed by atoms with Crippen LogP contribution in [0.3, 0.4) is 0 Å². The Labute approximate surface area is 155 Å². The predicted octanol–water partition coefficient (Wildman–Crippen LogP) is 3.37. The van der Waals surface area contributed by atoms with E-state index in [2.05, 4.69) is 41.0 Å². The van der Waals surface area contributed by atoms with Gasteiger partial charge < -0.3 is 9.32 Å². The summed E-state index contributed by atoms with van der Waals surface area (Å²) in [7, 11) is 0.